The van der Waals surface area contributed by atoms with E-state index < -0.39 is 40.4 Å². The molecule has 1 N–H and O–H groups in total. The zero-order valence-corrected chi connectivity index (χ0v) is 8.91. The van der Waals surface area contributed by atoms with Gasteiger partial charge in [0.15, 0.2) is 17.3 Å². The highest BCUT2D eigenvalue weighted by Gasteiger charge is 2.27. The number of carboxylic acid groups (broad SMARTS) is 1. The number of carbonyl (C=O) groups is 2. The van der Waals surface area contributed by atoms with Crippen molar-refractivity contribution in [3.05, 3.63) is 23.3 Å². The van der Waals surface area contributed by atoms with E-state index in [4.69, 9.17) is 5.11 Å². The maximum absolute atomic E-state index is 13.6. The molecule has 0 saturated carbocycles. The van der Waals surface area contributed by atoms with E-state index in [-0.39, 0.29) is 0 Å². The Balaban J connectivity index is 3.52. The number of hydrogen-bond donors (Lipinski definition) is 1. The van der Waals surface area contributed by atoms with Gasteiger partial charge in [-0.2, -0.15) is 4.39 Å². The van der Waals surface area contributed by atoms with Crippen LogP contribution in [-0.4, -0.2) is 31.1 Å². The second kappa shape index (κ2) is 4.77. The van der Waals surface area contributed by atoms with Gasteiger partial charge in [0.05, 0.1) is 19.8 Å². The quantitative estimate of drug-likeness (QED) is 0.639. The molecule has 0 atom stereocenters. The molecule has 5 nitrogen and oxygen atoms in total. The van der Waals surface area contributed by atoms with E-state index in [1.165, 1.54) is 0 Å². The summed E-state index contributed by atoms with van der Waals surface area (Å²) >= 11 is 0. The molecule has 0 amide bonds. The van der Waals surface area contributed by atoms with Crippen molar-refractivity contribution in [2.24, 2.45) is 0 Å². The topological polar surface area (TPSA) is 72.8 Å². The monoisotopic (exact) mass is 246 g/mol. The molecule has 0 aliphatic carbocycles. The number of ether oxygens (including phenoxy) is 2. The third-order valence-electron chi connectivity index (χ3n) is 1.99. The highest BCUT2D eigenvalue weighted by atomic mass is 19.1. The van der Waals surface area contributed by atoms with Crippen LogP contribution in [0.1, 0.15) is 10.4 Å². The van der Waals surface area contributed by atoms with Crippen LogP contribution in [0.2, 0.25) is 0 Å². The summed E-state index contributed by atoms with van der Waals surface area (Å²) in [7, 11) is 2.07. The van der Waals surface area contributed by atoms with Crippen LogP contribution in [0.4, 0.5) is 8.78 Å². The van der Waals surface area contributed by atoms with E-state index in [0.29, 0.717) is 6.07 Å². The predicted molar refractivity (Wildman–Crippen MR) is 51.4 cm³/mol. The maximum Gasteiger partial charge on any atom is 0.377 e. The Morgan fingerprint density at radius 2 is 1.76 bits per heavy atom. The Hall–Kier alpha value is -2.18. The van der Waals surface area contributed by atoms with Crippen molar-refractivity contribution in [1.82, 2.24) is 0 Å². The Labute approximate surface area is 94.6 Å². The summed E-state index contributed by atoms with van der Waals surface area (Å²) in [4.78, 5) is 21.6. The molecule has 0 aromatic heterocycles. The minimum absolute atomic E-state index is 0.479. The Morgan fingerprint density at radius 1 is 1.18 bits per heavy atom. The van der Waals surface area contributed by atoms with Crippen LogP contribution in [0.15, 0.2) is 6.07 Å². The molecule has 0 heterocycles. The van der Waals surface area contributed by atoms with Crippen molar-refractivity contribution >= 4 is 11.8 Å². The maximum atomic E-state index is 13.6. The van der Waals surface area contributed by atoms with Crippen LogP contribution >= 0.6 is 0 Å². The Morgan fingerprint density at radius 3 is 2.18 bits per heavy atom. The van der Waals surface area contributed by atoms with Crippen LogP contribution in [0, 0.1) is 11.6 Å². The summed E-state index contributed by atoms with van der Waals surface area (Å²) < 4.78 is 35.9. The smallest absolute Gasteiger partial charge is 0.377 e. The molecule has 0 radical (unpaired) electrons. The van der Waals surface area contributed by atoms with Crippen LogP contribution < -0.4 is 9.47 Å². The lowest BCUT2D eigenvalue weighted by atomic mass is 10.1. The van der Waals surface area contributed by atoms with Gasteiger partial charge in [0.1, 0.15) is 0 Å². The third-order valence-corrected chi connectivity index (χ3v) is 1.99. The van der Waals surface area contributed by atoms with Crippen LogP contribution in [-0.2, 0) is 4.79 Å². The number of Topliss-reactive ketones (excluding diaryl/α,β-unsaturated/α-hetero) is 1. The van der Waals surface area contributed by atoms with E-state index in [1.54, 1.807) is 0 Å². The van der Waals surface area contributed by atoms with E-state index in [9.17, 15) is 18.4 Å². The van der Waals surface area contributed by atoms with E-state index in [2.05, 4.69) is 9.47 Å². The van der Waals surface area contributed by atoms with Crippen LogP contribution in [0.3, 0.4) is 0 Å². The van der Waals surface area contributed by atoms with Gasteiger partial charge in [-0.1, -0.05) is 0 Å². The lowest BCUT2D eigenvalue weighted by molar-refractivity contribution is -0.131. The number of hydrogen-bond acceptors (Lipinski definition) is 4. The average Bonchev–Trinajstić information content (AvgIpc) is 2.29. The van der Waals surface area contributed by atoms with Gasteiger partial charge in [-0.15, -0.1) is 0 Å². The highest BCUT2D eigenvalue weighted by molar-refractivity contribution is 6.40. The molecule has 0 fully saturated rings. The molecule has 0 bridgehead atoms. The summed E-state index contributed by atoms with van der Waals surface area (Å²) in [6.45, 7) is 0. The second-order valence-corrected chi connectivity index (χ2v) is 2.92. The first-order valence-electron chi connectivity index (χ1n) is 4.31. The second-order valence-electron chi connectivity index (χ2n) is 2.92. The van der Waals surface area contributed by atoms with Gasteiger partial charge in [-0.25, -0.2) is 9.18 Å². The molecule has 0 aliphatic rings. The summed E-state index contributed by atoms with van der Waals surface area (Å²) in [5.41, 5.74) is -0.826. The number of methoxy groups -OCH3 is 2. The number of carboxylic acids is 1. The van der Waals surface area contributed by atoms with Crippen molar-refractivity contribution in [1.29, 1.82) is 0 Å². The first-order valence-corrected chi connectivity index (χ1v) is 4.31. The van der Waals surface area contributed by atoms with Gasteiger partial charge < -0.3 is 14.6 Å². The number of ketones is 1. The third kappa shape index (κ3) is 2.17. The molecular formula is C10H8F2O5. The van der Waals surface area contributed by atoms with E-state index in [1.807, 2.05) is 0 Å². The highest BCUT2D eigenvalue weighted by Crippen LogP contribution is 2.32. The van der Waals surface area contributed by atoms with Crippen molar-refractivity contribution < 1.29 is 33.0 Å². The average molecular weight is 246 g/mol. The first kappa shape index (κ1) is 12.9. The molecule has 0 saturated heterocycles. The van der Waals surface area contributed by atoms with Crippen molar-refractivity contribution in [2.45, 2.75) is 0 Å². The number of rotatable bonds is 4. The summed E-state index contributed by atoms with van der Waals surface area (Å²) in [5, 5.41) is 8.46. The SMILES string of the molecule is COc1cc(C(=O)C(=O)O)c(F)c(OC)c1F. The van der Waals surface area contributed by atoms with E-state index >= 15 is 0 Å². The van der Waals surface area contributed by atoms with Gasteiger partial charge in [0, 0.05) is 0 Å². The Kier molecular flexibility index (Phi) is 3.62. The summed E-state index contributed by atoms with van der Waals surface area (Å²) in [6, 6.07) is 0.670. The first-order chi connectivity index (χ1) is 7.93. The number of benzene rings is 1. The lowest BCUT2D eigenvalue weighted by Gasteiger charge is -2.10. The molecule has 17 heavy (non-hydrogen) atoms. The lowest BCUT2D eigenvalue weighted by Crippen LogP contribution is -2.16. The van der Waals surface area contributed by atoms with E-state index in [0.717, 1.165) is 14.2 Å². The van der Waals surface area contributed by atoms with Gasteiger partial charge in [0.2, 0.25) is 5.82 Å². The fraction of sp³-hybridized carbons (Fsp3) is 0.200. The van der Waals surface area contributed by atoms with Crippen molar-refractivity contribution in [3.8, 4) is 11.5 Å². The minimum Gasteiger partial charge on any atom is -0.494 e. The molecule has 92 valence electrons. The fourth-order valence-electron chi connectivity index (χ4n) is 1.20. The molecular weight excluding hydrogens is 238 g/mol. The normalized spacial score (nSPS) is 9.88. The molecule has 0 aliphatic heterocycles. The van der Waals surface area contributed by atoms with Crippen molar-refractivity contribution in [2.75, 3.05) is 14.2 Å². The number of halogens is 2. The van der Waals surface area contributed by atoms with Gasteiger partial charge in [-0.05, 0) is 6.07 Å². The molecule has 1 aromatic carbocycles. The molecule has 0 unspecified atom stereocenters. The number of carbonyl (C=O) groups excluding carboxylic acids is 1. The molecule has 7 heteroatoms. The van der Waals surface area contributed by atoms with Crippen LogP contribution in [0.25, 0.3) is 0 Å². The summed E-state index contributed by atoms with van der Waals surface area (Å²) in [5.74, 6) is -7.24. The fourth-order valence-corrected chi connectivity index (χ4v) is 1.20. The van der Waals surface area contributed by atoms with Crippen molar-refractivity contribution in [3.63, 3.8) is 0 Å². The van der Waals surface area contributed by atoms with Gasteiger partial charge in [-0.3, -0.25) is 4.79 Å². The molecule has 0 spiro atoms. The number of aliphatic carboxylic acids is 1. The zero-order valence-electron chi connectivity index (χ0n) is 8.91. The zero-order chi connectivity index (χ0) is 13.2. The van der Waals surface area contributed by atoms with Crippen LogP contribution in [0.5, 0.6) is 11.5 Å². The standard InChI is InChI=1S/C10H8F2O5/c1-16-5-3-4(8(13)10(14)15)6(11)9(17-2)7(5)12/h3H,1-2H3,(H,14,15). The summed E-state index contributed by atoms with van der Waals surface area (Å²) in [6.07, 6.45) is 0. The predicted octanol–water partition coefficient (Wildman–Crippen LogP) is 1.25. The van der Waals surface area contributed by atoms with Gasteiger partial charge >= 0.3 is 5.97 Å². The molecule has 1 aromatic rings. The Bertz CT molecular complexity index is 484. The minimum atomic E-state index is -1.86. The van der Waals surface area contributed by atoms with Gasteiger partial charge in [0.25, 0.3) is 5.78 Å². The largest absolute Gasteiger partial charge is 0.494 e. The molecule has 1 rings (SSSR count).